The zero-order valence-corrected chi connectivity index (χ0v) is 11.8. The smallest absolute Gasteiger partial charge is 0.331 e. The van der Waals surface area contributed by atoms with Gasteiger partial charge in [0.1, 0.15) is 0 Å². The number of allylic oxidation sites excluding steroid dienone is 3. The summed E-state index contributed by atoms with van der Waals surface area (Å²) in [7, 11) is 0. The number of rotatable bonds is 5. The minimum Gasteiger partial charge on any atom is -0.463 e. The molecule has 1 aromatic rings. The lowest BCUT2D eigenvalue weighted by Crippen LogP contribution is -2.02. The molecule has 0 aliphatic heterocycles. The van der Waals surface area contributed by atoms with Gasteiger partial charge in [-0.15, -0.1) is 0 Å². The fourth-order valence-corrected chi connectivity index (χ4v) is 1.75. The number of hydrogen-bond donors (Lipinski definition) is 0. The van der Waals surface area contributed by atoms with Gasteiger partial charge in [-0.3, -0.25) is 0 Å². The van der Waals surface area contributed by atoms with E-state index in [4.69, 9.17) is 4.74 Å². The molecule has 0 unspecified atom stereocenters. The molecule has 19 heavy (non-hydrogen) atoms. The van der Waals surface area contributed by atoms with Crippen LogP contribution in [0.3, 0.4) is 0 Å². The SMILES string of the molecule is C=C(C)C(=C\C(=O)OCC)/C(C)=C/c1ccccc1. The molecule has 0 amide bonds. The fourth-order valence-electron chi connectivity index (χ4n) is 1.75. The zero-order chi connectivity index (χ0) is 14.3. The third kappa shape index (κ3) is 4.96. The van der Waals surface area contributed by atoms with E-state index in [9.17, 15) is 4.79 Å². The number of ether oxygens (including phenoxy) is 1. The highest BCUT2D eigenvalue weighted by atomic mass is 16.5. The standard InChI is InChI=1S/C17H20O2/c1-5-19-17(18)12-16(13(2)3)14(4)11-15-9-7-6-8-10-15/h6-12H,2,5H2,1,3-4H3/b14-11+,16-12+. The third-order valence-corrected chi connectivity index (χ3v) is 2.62. The molecule has 0 saturated heterocycles. The second-order valence-electron chi connectivity index (χ2n) is 4.33. The fraction of sp³-hybridized carbons (Fsp3) is 0.235. The van der Waals surface area contributed by atoms with Gasteiger partial charge in [0.05, 0.1) is 6.61 Å². The summed E-state index contributed by atoms with van der Waals surface area (Å²) < 4.78 is 4.94. The van der Waals surface area contributed by atoms with Gasteiger partial charge in [0.25, 0.3) is 0 Å². The first-order valence-electron chi connectivity index (χ1n) is 6.32. The van der Waals surface area contributed by atoms with Crippen LogP contribution in [0.25, 0.3) is 6.08 Å². The second-order valence-corrected chi connectivity index (χ2v) is 4.33. The van der Waals surface area contributed by atoms with Gasteiger partial charge in [0.15, 0.2) is 0 Å². The predicted molar refractivity (Wildman–Crippen MR) is 79.6 cm³/mol. The van der Waals surface area contributed by atoms with Crippen molar-refractivity contribution in [3.8, 4) is 0 Å². The molecule has 0 saturated carbocycles. The summed E-state index contributed by atoms with van der Waals surface area (Å²) in [5.41, 5.74) is 3.75. The minimum atomic E-state index is -0.332. The topological polar surface area (TPSA) is 26.3 Å². The lowest BCUT2D eigenvalue weighted by Gasteiger charge is -2.08. The zero-order valence-electron chi connectivity index (χ0n) is 11.8. The highest BCUT2D eigenvalue weighted by molar-refractivity contribution is 5.85. The van der Waals surface area contributed by atoms with Crippen LogP contribution in [0.2, 0.25) is 0 Å². The van der Waals surface area contributed by atoms with Crippen LogP contribution in [-0.4, -0.2) is 12.6 Å². The summed E-state index contributed by atoms with van der Waals surface area (Å²) in [6.45, 7) is 9.93. The van der Waals surface area contributed by atoms with E-state index in [0.717, 1.165) is 22.3 Å². The quantitative estimate of drug-likeness (QED) is 0.449. The Morgan fingerprint density at radius 3 is 2.42 bits per heavy atom. The Morgan fingerprint density at radius 1 is 1.26 bits per heavy atom. The van der Waals surface area contributed by atoms with E-state index in [1.54, 1.807) is 6.92 Å². The molecule has 0 aromatic heterocycles. The Kier molecular flexibility index (Phi) is 5.80. The van der Waals surface area contributed by atoms with Gasteiger partial charge in [-0.2, -0.15) is 0 Å². The molecule has 0 spiro atoms. The lowest BCUT2D eigenvalue weighted by atomic mass is 9.99. The summed E-state index contributed by atoms with van der Waals surface area (Å²) in [6.07, 6.45) is 3.53. The molecule has 2 nitrogen and oxygen atoms in total. The number of carbonyl (C=O) groups is 1. The van der Waals surface area contributed by atoms with Crippen molar-refractivity contribution in [3.05, 3.63) is 65.3 Å². The van der Waals surface area contributed by atoms with E-state index in [-0.39, 0.29) is 5.97 Å². The maximum Gasteiger partial charge on any atom is 0.331 e. The van der Waals surface area contributed by atoms with Crippen molar-refractivity contribution >= 4 is 12.0 Å². The van der Waals surface area contributed by atoms with Crippen LogP contribution in [0, 0.1) is 0 Å². The highest BCUT2D eigenvalue weighted by Crippen LogP contribution is 2.20. The van der Waals surface area contributed by atoms with Crippen molar-refractivity contribution in [2.24, 2.45) is 0 Å². The maximum absolute atomic E-state index is 11.5. The second kappa shape index (κ2) is 7.37. The highest BCUT2D eigenvalue weighted by Gasteiger charge is 2.06. The van der Waals surface area contributed by atoms with Crippen molar-refractivity contribution in [3.63, 3.8) is 0 Å². The van der Waals surface area contributed by atoms with Gasteiger partial charge in [-0.25, -0.2) is 4.79 Å². The Hall–Kier alpha value is -2.09. The number of hydrogen-bond acceptors (Lipinski definition) is 2. The van der Waals surface area contributed by atoms with E-state index < -0.39 is 0 Å². The number of esters is 1. The van der Waals surface area contributed by atoms with Crippen LogP contribution >= 0.6 is 0 Å². The minimum absolute atomic E-state index is 0.332. The largest absolute Gasteiger partial charge is 0.463 e. The Morgan fingerprint density at radius 2 is 1.89 bits per heavy atom. The summed E-state index contributed by atoms with van der Waals surface area (Å²) in [5.74, 6) is -0.332. The van der Waals surface area contributed by atoms with Gasteiger partial charge in [-0.1, -0.05) is 48.6 Å². The molecule has 0 atom stereocenters. The molecule has 0 aliphatic carbocycles. The average molecular weight is 256 g/mol. The lowest BCUT2D eigenvalue weighted by molar-refractivity contribution is -0.137. The van der Waals surface area contributed by atoms with Crippen molar-refractivity contribution in [1.82, 2.24) is 0 Å². The third-order valence-electron chi connectivity index (χ3n) is 2.62. The van der Waals surface area contributed by atoms with Crippen LogP contribution in [0.1, 0.15) is 26.3 Å². The molecule has 0 aliphatic rings. The number of carbonyl (C=O) groups excluding carboxylic acids is 1. The monoisotopic (exact) mass is 256 g/mol. The van der Waals surface area contributed by atoms with Crippen molar-refractivity contribution in [2.75, 3.05) is 6.61 Å². The van der Waals surface area contributed by atoms with Crippen LogP contribution in [0.15, 0.2) is 59.7 Å². The predicted octanol–water partition coefficient (Wildman–Crippen LogP) is 4.16. The van der Waals surface area contributed by atoms with Crippen molar-refractivity contribution < 1.29 is 9.53 Å². The Balaban J connectivity index is 3.03. The Labute approximate surface area is 115 Å². The molecule has 0 N–H and O–H groups in total. The van der Waals surface area contributed by atoms with Gasteiger partial charge in [0, 0.05) is 6.08 Å². The molecular weight excluding hydrogens is 236 g/mol. The van der Waals surface area contributed by atoms with Crippen LogP contribution in [0.5, 0.6) is 0 Å². The summed E-state index contributed by atoms with van der Waals surface area (Å²) >= 11 is 0. The first-order chi connectivity index (χ1) is 9.04. The normalized spacial score (nSPS) is 12.2. The van der Waals surface area contributed by atoms with Crippen LogP contribution < -0.4 is 0 Å². The Bertz CT molecular complexity index is 507. The summed E-state index contributed by atoms with van der Waals surface area (Å²) in [4.78, 5) is 11.5. The maximum atomic E-state index is 11.5. The van der Waals surface area contributed by atoms with Gasteiger partial charge < -0.3 is 4.74 Å². The van der Waals surface area contributed by atoms with Crippen molar-refractivity contribution in [2.45, 2.75) is 20.8 Å². The van der Waals surface area contributed by atoms with Crippen LogP contribution in [-0.2, 0) is 9.53 Å². The average Bonchev–Trinajstić information content (AvgIpc) is 2.37. The van der Waals surface area contributed by atoms with Crippen LogP contribution in [0.4, 0.5) is 0 Å². The first kappa shape index (κ1) is 15.0. The molecule has 0 radical (unpaired) electrons. The molecule has 100 valence electrons. The van der Waals surface area contributed by atoms with E-state index in [0.29, 0.717) is 6.61 Å². The molecule has 1 rings (SSSR count). The molecule has 1 aromatic carbocycles. The van der Waals surface area contributed by atoms with E-state index in [2.05, 4.69) is 6.58 Å². The molecule has 2 heteroatoms. The molecule has 0 fully saturated rings. The van der Waals surface area contributed by atoms with E-state index in [1.807, 2.05) is 50.3 Å². The first-order valence-corrected chi connectivity index (χ1v) is 6.32. The molecule has 0 bridgehead atoms. The summed E-state index contributed by atoms with van der Waals surface area (Å²) in [6, 6.07) is 9.97. The van der Waals surface area contributed by atoms with Gasteiger partial charge in [-0.05, 0) is 37.5 Å². The van der Waals surface area contributed by atoms with E-state index in [1.165, 1.54) is 6.08 Å². The molecule has 0 heterocycles. The van der Waals surface area contributed by atoms with Gasteiger partial charge in [0.2, 0.25) is 0 Å². The molecular formula is C17H20O2. The number of benzene rings is 1. The van der Waals surface area contributed by atoms with E-state index >= 15 is 0 Å². The van der Waals surface area contributed by atoms with Crippen molar-refractivity contribution in [1.29, 1.82) is 0 Å². The summed E-state index contributed by atoms with van der Waals surface area (Å²) in [5, 5.41) is 0. The van der Waals surface area contributed by atoms with Gasteiger partial charge >= 0.3 is 5.97 Å².